The quantitative estimate of drug-likeness (QED) is 0.530. The smallest absolute Gasteiger partial charge is 0.272 e. The molecule has 0 fully saturated rings. The van der Waals surface area contributed by atoms with Gasteiger partial charge >= 0.3 is 0 Å². The lowest BCUT2D eigenvalue weighted by atomic mass is 10.4. The van der Waals surface area contributed by atoms with Crippen LogP contribution in [0.5, 0.6) is 0 Å². The van der Waals surface area contributed by atoms with Gasteiger partial charge in [0.05, 0.1) is 17.6 Å². The van der Waals surface area contributed by atoms with Crippen molar-refractivity contribution in [1.29, 1.82) is 0 Å². The van der Waals surface area contributed by atoms with E-state index in [1.54, 1.807) is 0 Å². The molecule has 0 saturated carbocycles. The Morgan fingerprint density at radius 2 is 2.00 bits per heavy atom. The minimum absolute atomic E-state index is 0.0741. The summed E-state index contributed by atoms with van der Waals surface area (Å²) in [6.45, 7) is 1.39. The van der Waals surface area contributed by atoms with Crippen LogP contribution in [0.1, 0.15) is 6.92 Å². The molecule has 6 heteroatoms. The Kier molecular flexibility index (Phi) is 6.17. The van der Waals surface area contributed by atoms with E-state index in [4.69, 9.17) is 10.2 Å². The zero-order chi connectivity index (χ0) is 11.0. The molecule has 78 valence electrons. The number of hydrogen-bond acceptors (Lipinski definition) is 5. The predicted molar refractivity (Wildman–Crippen MR) is 49.7 cm³/mol. The molecule has 1 heterocycles. The monoisotopic (exact) mass is 200 g/mol. The molecule has 1 aromatic heterocycles. The maximum Gasteiger partial charge on any atom is 0.272 e. The second-order valence-electron chi connectivity index (χ2n) is 2.49. The molecule has 14 heavy (non-hydrogen) atoms. The molecule has 0 saturated heterocycles. The van der Waals surface area contributed by atoms with Crippen molar-refractivity contribution in [1.82, 2.24) is 4.98 Å². The number of aliphatic hydroxyl groups is 2. The SMILES string of the molecule is CC(O)CO.O=[N+]([O-])c1ccncc1. The Bertz CT molecular complexity index is 263. The van der Waals surface area contributed by atoms with Crippen LogP contribution in [0.3, 0.4) is 0 Å². The van der Waals surface area contributed by atoms with Crippen molar-refractivity contribution in [3.8, 4) is 0 Å². The van der Waals surface area contributed by atoms with Crippen molar-refractivity contribution in [3.05, 3.63) is 34.6 Å². The van der Waals surface area contributed by atoms with Crippen molar-refractivity contribution in [2.45, 2.75) is 13.0 Å². The van der Waals surface area contributed by atoms with Gasteiger partial charge in [-0.1, -0.05) is 0 Å². The van der Waals surface area contributed by atoms with Gasteiger partial charge in [0, 0.05) is 24.5 Å². The third-order valence-corrected chi connectivity index (χ3v) is 1.14. The van der Waals surface area contributed by atoms with E-state index in [0.29, 0.717) is 0 Å². The summed E-state index contributed by atoms with van der Waals surface area (Å²) in [4.78, 5) is 13.1. The number of rotatable bonds is 2. The molecule has 0 aliphatic heterocycles. The molecular weight excluding hydrogens is 188 g/mol. The van der Waals surface area contributed by atoms with Crippen molar-refractivity contribution in [2.75, 3.05) is 6.61 Å². The zero-order valence-electron chi connectivity index (χ0n) is 7.70. The Balaban J connectivity index is 0.000000292. The molecule has 0 amide bonds. The highest BCUT2D eigenvalue weighted by atomic mass is 16.6. The van der Waals surface area contributed by atoms with Gasteiger partial charge in [0.1, 0.15) is 0 Å². The van der Waals surface area contributed by atoms with E-state index >= 15 is 0 Å². The second kappa shape index (κ2) is 6.93. The largest absolute Gasteiger partial charge is 0.394 e. The Morgan fingerprint density at radius 3 is 2.21 bits per heavy atom. The fraction of sp³-hybridized carbons (Fsp3) is 0.375. The van der Waals surface area contributed by atoms with E-state index in [0.717, 1.165) is 0 Å². The second-order valence-corrected chi connectivity index (χ2v) is 2.49. The molecule has 1 rings (SSSR count). The van der Waals surface area contributed by atoms with Gasteiger partial charge in [-0.3, -0.25) is 15.1 Å². The number of aliphatic hydroxyl groups excluding tert-OH is 2. The fourth-order valence-electron chi connectivity index (χ4n) is 0.466. The maximum atomic E-state index is 9.98. The molecule has 1 atom stereocenters. The summed E-state index contributed by atoms with van der Waals surface area (Å²) in [5.41, 5.74) is 0.0741. The number of nitrogens with zero attached hydrogens (tertiary/aromatic N) is 2. The third kappa shape index (κ3) is 6.04. The third-order valence-electron chi connectivity index (χ3n) is 1.14. The zero-order valence-corrected chi connectivity index (χ0v) is 7.70. The van der Waals surface area contributed by atoms with Crippen LogP contribution < -0.4 is 0 Å². The van der Waals surface area contributed by atoms with Gasteiger partial charge < -0.3 is 10.2 Å². The summed E-state index contributed by atoms with van der Waals surface area (Å²) < 4.78 is 0. The summed E-state index contributed by atoms with van der Waals surface area (Å²) >= 11 is 0. The molecule has 0 radical (unpaired) electrons. The van der Waals surface area contributed by atoms with Gasteiger partial charge in [0.25, 0.3) is 5.69 Å². The maximum absolute atomic E-state index is 9.98. The minimum Gasteiger partial charge on any atom is -0.394 e. The van der Waals surface area contributed by atoms with Gasteiger partial charge in [-0.05, 0) is 6.92 Å². The average molecular weight is 200 g/mol. The first-order valence-corrected chi connectivity index (χ1v) is 3.91. The number of hydrogen-bond donors (Lipinski definition) is 2. The van der Waals surface area contributed by atoms with Crippen molar-refractivity contribution < 1.29 is 15.1 Å². The van der Waals surface area contributed by atoms with E-state index < -0.39 is 11.0 Å². The number of nitro groups is 1. The van der Waals surface area contributed by atoms with Crippen molar-refractivity contribution >= 4 is 5.69 Å². The molecular formula is C8H12N2O4. The molecule has 1 unspecified atom stereocenters. The molecule has 6 nitrogen and oxygen atoms in total. The summed E-state index contributed by atoms with van der Waals surface area (Å²) in [5.74, 6) is 0. The van der Waals surface area contributed by atoms with Gasteiger partial charge in [-0.25, -0.2) is 0 Å². The van der Waals surface area contributed by atoms with Crippen LogP contribution in [0.25, 0.3) is 0 Å². The minimum atomic E-state index is -0.560. The lowest BCUT2D eigenvalue weighted by Gasteiger charge is -1.90. The normalized spacial score (nSPS) is 11.1. The molecule has 0 aromatic carbocycles. The number of pyridine rings is 1. The molecule has 0 aliphatic carbocycles. The molecule has 0 bridgehead atoms. The summed E-state index contributed by atoms with van der Waals surface area (Å²) in [7, 11) is 0. The molecule has 0 aliphatic rings. The predicted octanol–water partition coefficient (Wildman–Crippen LogP) is 0.349. The molecule has 2 N–H and O–H groups in total. The van der Waals surface area contributed by atoms with Crippen LogP contribution in [0.2, 0.25) is 0 Å². The first kappa shape index (κ1) is 12.5. The summed E-state index contributed by atoms with van der Waals surface area (Å²) in [6.07, 6.45) is 2.21. The summed E-state index contributed by atoms with van der Waals surface area (Å²) in [5, 5.41) is 26.0. The first-order chi connectivity index (χ1) is 6.57. The van der Waals surface area contributed by atoms with Crippen molar-refractivity contribution in [3.63, 3.8) is 0 Å². The number of aromatic nitrogens is 1. The van der Waals surface area contributed by atoms with E-state index in [-0.39, 0.29) is 12.3 Å². The topological polar surface area (TPSA) is 96.5 Å². The Morgan fingerprint density at radius 1 is 1.57 bits per heavy atom. The van der Waals surface area contributed by atoms with Crippen LogP contribution in [0.4, 0.5) is 5.69 Å². The standard InChI is InChI=1S/C5H4N2O2.C3H8O2/c8-7(9)5-1-3-6-4-2-5;1-3(5)2-4/h1-4H;3-5H,2H2,1H3. The Labute approximate surface area is 81.0 Å². The van der Waals surface area contributed by atoms with Crippen LogP contribution >= 0.6 is 0 Å². The first-order valence-electron chi connectivity index (χ1n) is 3.91. The van der Waals surface area contributed by atoms with E-state index in [2.05, 4.69) is 4.98 Å². The van der Waals surface area contributed by atoms with Gasteiger partial charge in [-0.2, -0.15) is 0 Å². The van der Waals surface area contributed by atoms with E-state index in [9.17, 15) is 10.1 Å². The highest BCUT2D eigenvalue weighted by Crippen LogP contribution is 2.05. The Hall–Kier alpha value is -1.53. The average Bonchev–Trinajstić information content (AvgIpc) is 2.20. The van der Waals surface area contributed by atoms with Gasteiger partial charge in [0.15, 0.2) is 0 Å². The molecule has 0 spiro atoms. The van der Waals surface area contributed by atoms with Gasteiger partial charge in [-0.15, -0.1) is 0 Å². The molecule has 1 aromatic rings. The van der Waals surface area contributed by atoms with E-state index in [1.165, 1.54) is 31.5 Å². The summed E-state index contributed by atoms with van der Waals surface area (Å²) in [6, 6.07) is 2.69. The highest BCUT2D eigenvalue weighted by molar-refractivity contribution is 5.24. The van der Waals surface area contributed by atoms with Crippen molar-refractivity contribution in [2.24, 2.45) is 0 Å². The lowest BCUT2D eigenvalue weighted by Crippen LogP contribution is -2.03. The van der Waals surface area contributed by atoms with Crippen LogP contribution in [-0.4, -0.2) is 32.8 Å². The van der Waals surface area contributed by atoms with Crippen LogP contribution in [-0.2, 0) is 0 Å². The van der Waals surface area contributed by atoms with Crippen LogP contribution in [0.15, 0.2) is 24.5 Å². The highest BCUT2D eigenvalue weighted by Gasteiger charge is 1.99. The van der Waals surface area contributed by atoms with Crippen LogP contribution in [0, 0.1) is 10.1 Å². The lowest BCUT2D eigenvalue weighted by molar-refractivity contribution is -0.384. The van der Waals surface area contributed by atoms with E-state index in [1.807, 2.05) is 0 Å². The van der Waals surface area contributed by atoms with Gasteiger partial charge in [0.2, 0.25) is 0 Å². The fourth-order valence-corrected chi connectivity index (χ4v) is 0.466.